The molecule has 0 heterocycles. The van der Waals surface area contributed by atoms with Gasteiger partial charge in [-0.05, 0) is 84.9 Å². The molecule has 0 aliphatic heterocycles. The van der Waals surface area contributed by atoms with Gasteiger partial charge in [0.1, 0.15) is 0 Å². The molecule has 53 heavy (non-hydrogen) atoms. The molecule has 0 saturated heterocycles. The monoisotopic (exact) mass is 888 g/mol. The van der Waals surface area contributed by atoms with Crippen LogP contribution in [-0.2, 0) is 0 Å². The molecule has 7 heteroatoms. The summed E-state index contributed by atoms with van der Waals surface area (Å²) in [4.78, 5) is 6.07. The van der Waals surface area contributed by atoms with E-state index < -0.39 is 0 Å². The molecule has 0 unspecified atom stereocenters. The smallest absolute Gasteiger partial charge is 0.0176 e. The molecule has 0 spiro atoms. The molecule has 292 valence electrons. The standard InChI is InChI=1S/C6H5BrS.5C6H6S.5C2H6/c7-5-1-3-6(8)4-2-5;5*7-6-4-2-1-3-5-6;5*1-2/h1-4,8H;5*1-5,7H;5*1-2H3. The third kappa shape index (κ3) is 49.9. The highest BCUT2D eigenvalue weighted by Gasteiger charge is 1.82. The number of thiol groups is 6. The van der Waals surface area contributed by atoms with E-state index in [-0.39, 0.29) is 0 Å². The third-order valence-corrected chi connectivity index (χ3v) is 6.93. The maximum atomic E-state index is 4.11. The van der Waals surface area contributed by atoms with Gasteiger partial charge in [-0.15, -0.1) is 75.8 Å². The number of rotatable bonds is 0. The average molecular weight is 890 g/mol. The highest BCUT2D eigenvalue weighted by atomic mass is 79.9. The Morgan fingerprint density at radius 2 is 0.358 bits per heavy atom. The Balaban J connectivity index is -0.000000166. The van der Waals surface area contributed by atoms with Gasteiger partial charge in [0.15, 0.2) is 0 Å². The van der Waals surface area contributed by atoms with Gasteiger partial charge < -0.3 is 0 Å². The van der Waals surface area contributed by atoms with Gasteiger partial charge >= 0.3 is 0 Å². The van der Waals surface area contributed by atoms with Gasteiger partial charge in [0.05, 0.1) is 0 Å². The Kier molecular flexibility index (Phi) is 59.0. The molecule has 0 bridgehead atoms. The minimum Gasteiger partial charge on any atom is -0.143 e. The highest BCUT2D eigenvalue weighted by molar-refractivity contribution is 9.10. The normalized spacial score (nSPS) is 7.72. The number of halogens is 1. The minimum atomic E-state index is 0.994. The van der Waals surface area contributed by atoms with Crippen LogP contribution in [0.15, 0.2) is 210 Å². The molecule has 0 saturated carbocycles. The molecule has 0 N–H and O–H groups in total. The van der Waals surface area contributed by atoms with Gasteiger partial charge in [-0.1, -0.05) is 176 Å². The summed E-state index contributed by atoms with van der Waals surface area (Å²) >= 11 is 27.8. The first kappa shape index (κ1) is 60.2. The summed E-state index contributed by atoms with van der Waals surface area (Å²) in [5, 5.41) is 0. The van der Waals surface area contributed by atoms with Crippen molar-refractivity contribution >= 4 is 91.7 Å². The lowest BCUT2D eigenvalue weighted by Crippen LogP contribution is -1.62. The lowest BCUT2D eigenvalue weighted by Gasteiger charge is -1.87. The third-order valence-electron chi connectivity index (χ3n) is 4.61. The van der Waals surface area contributed by atoms with Crippen LogP contribution >= 0.6 is 91.7 Å². The number of hydrogen-bond donors (Lipinski definition) is 6. The van der Waals surface area contributed by atoms with E-state index in [0.29, 0.717) is 0 Å². The van der Waals surface area contributed by atoms with Gasteiger partial charge in [-0.2, -0.15) is 0 Å². The van der Waals surface area contributed by atoms with E-state index >= 15 is 0 Å². The van der Waals surface area contributed by atoms with Crippen molar-refractivity contribution in [3.63, 3.8) is 0 Å². The van der Waals surface area contributed by atoms with Crippen molar-refractivity contribution in [2.75, 3.05) is 0 Å². The van der Waals surface area contributed by atoms with Crippen LogP contribution in [0.5, 0.6) is 0 Å². The second kappa shape index (κ2) is 52.0. The first-order valence-corrected chi connectivity index (χ1v) is 21.4. The van der Waals surface area contributed by atoms with Crippen molar-refractivity contribution in [3.05, 3.63) is 180 Å². The van der Waals surface area contributed by atoms with Gasteiger partial charge in [-0.3, -0.25) is 0 Å². The van der Waals surface area contributed by atoms with Crippen LogP contribution in [0.3, 0.4) is 0 Å². The van der Waals surface area contributed by atoms with Crippen LogP contribution < -0.4 is 0 Å². The quantitative estimate of drug-likeness (QED) is 0.0805. The van der Waals surface area contributed by atoms with E-state index in [4.69, 9.17) is 0 Å². The maximum Gasteiger partial charge on any atom is 0.0176 e. The first-order valence-electron chi connectivity index (χ1n) is 17.9. The zero-order valence-electron chi connectivity index (χ0n) is 33.3. The number of hydrogen-bond acceptors (Lipinski definition) is 6. The zero-order valence-corrected chi connectivity index (χ0v) is 40.3. The summed E-state index contributed by atoms with van der Waals surface area (Å²) in [6.45, 7) is 20.0. The van der Waals surface area contributed by atoms with E-state index in [0.717, 1.165) is 33.8 Å². The van der Waals surface area contributed by atoms with Crippen LogP contribution in [-0.4, -0.2) is 0 Å². The molecule has 0 aliphatic carbocycles. The van der Waals surface area contributed by atoms with E-state index in [1.54, 1.807) is 0 Å². The van der Waals surface area contributed by atoms with Crippen LogP contribution in [0.1, 0.15) is 69.2 Å². The zero-order chi connectivity index (χ0) is 41.5. The van der Waals surface area contributed by atoms with Gasteiger partial charge in [0.2, 0.25) is 0 Å². The summed E-state index contributed by atoms with van der Waals surface area (Å²) in [6, 6.07) is 56.7. The van der Waals surface area contributed by atoms with Crippen LogP contribution in [0.4, 0.5) is 0 Å². The second-order valence-corrected chi connectivity index (χ2v) is 12.2. The number of benzene rings is 6. The van der Waals surface area contributed by atoms with Gasteiger partial charge in [0.25, 0.3) is 0 Å². The lowest BCUT2D eigenvalue weighted by atomic mass is 10.4. The molecular weight excluding hydrogens is 825 g/mol. The van der Waals surface area contributed by atoms with Gasteiger partial charge in [-0.25, -0.2) is 0 Å². The molecule has 0 amide bonds. The van der Waals surface area contributed by atoms with Crippen molar-refractivity contribution in [2.45, 2.75) is 98.6 Å². The SMILES string of the molecule is CC.CC.CC.CC.CC.Sc1ccc(Br)cc1.Sc1ccccc1.Sc1ccccc1.Sc1ccccc1.Sc1ccccc1.Sc1ccccc1. The molecular formula is C46H65BrS6. The second-order valence-electron chi connectivity index (χ2n) is 8.15. The van der Waals surface area contributed by atoms with Crippen molar-refractivity contribution in [1.82, 2.24) is 0 Å². The lowest BCUT2D eigenvalue weighted by molar-refractivity contribution is 1.46. The van der Waals surface area contributed by atoms with Crippen LogP contribution in [0.2, 0.25) is 0 Å². The van der Waals surface area contributed by atoms with Crippen LogP contribution in [0, 0.1) is 0 Å². The fourth-order valence-corrected chi connectivity index (χ4v) is 3.86. The molecule has 0 fully saturated rings. The molecule has 0 radical (unpaired) electrons. The fraction of sp³-hybridized carbons (Fsp3) is 0.217. The summed E-state index contributed by atoms with van der Waals surface area (Å²) in [7, 11) is 0. The van der Waals surface area contributed by atoms with Gasteiger partial charge in [0, 0.05) is 33.8 Å². The minimum absolute atomic E-state index is 0.994. The maximum absolute atomic E-state index is 4.11. The van der Waals surface area contributed by atoms with Crippen molar-refractivity contribution in [3.8, 4) is 0 Å². The fourth-order valence-electron chi connectivity index (χ4n) is 2.58. The Bertz CT molecular complexity index is 1200. The summed E-state index contributed by atoms with van der Waals surface area (Å²) < 4.78 is 1.09. The molecule has 6 aromatic carbocycles. The van der Waals surface area contributed by atoms with Crippen molar-refractivity contribution in [2.24, 2.45) is 0 Å². The summed E-state index contributed by atoms with van der Waals surface area (Å²) in [5.74, 6) is 0. The first-order chi connectivity index (χ1) is 25.8. The Morgan fingerprint density at radius 3 is 0.453 bits per heavy atom. The molecule has 0 nitrogen and oxygen atoms in total. The van der Waals surface area contributed by atoms with E-state index in [1.165, 1.54) is 0 Å². The molecule has 0 aliphatic rings. The Labute approximate surface area is 367 Å². The van der Waals surface area contributed by atoms with E-state index in [2.05, 4.69) is 91.7 Å². The van der Waals surface area contributed by atoms with Crippen molar-refractivity contribution in [1.29, 1.82) is 0 Å². The molecule has 6 rings (SSSR count). The van der Waals surface area contributed by atoms with Crippen molar-refractivity contribution < 1.29 is 0 Å². The molecule has 0 aromatic heterocycles. The Hall–Kier alpha value is -2.10. The predicted octanol–water partition coefficient (Wildman–Crippen LogP) is 17.7. The largest absolute Gasteiger partial charge is 0.143 e. The van der Waals surface area contributed by atoms with Crippen LogP contribution in [0.25, 0.3) is 0 Å². The molecule has 0 atom stereocenters. The summed E-state index contributed by atoms with van der Waals surface area (Å²) in [5.41, 5.74) is 0. The molecule has 6 aromatic rings. The average Bonchev–Trinajstić information content (AvgIpc) is 3.23. The topological polar surface area (TPSA) is 0 Å². The highest BCUT2D eigenvalue weighted by Crippen LogP contribution is 2.12. The van der Waals surface area contributed by atoms with E-state index in [1.807, 2.05) is 245 Å². The summed E-state index contributed by atoms with van der Waals surface area (Å²) in [6.07, 6.45) is 0. The van der Waals surface area contributed by atoms with E-state index in [9.17, 15) is 0 Å². The predicted molar refractivity (Wildman–Crippen MR) is 267 cm³/mol. The Morgan fingerprint density at radius 1 is 0.226 bits per heavy atom.